The summed E-state index contributed by atoms with van der Waals surface area (Å²) in [6.07, 6.45) is 11.3. The summed E-state index contributed by atoms with van der Waals surface area (Å²) >= 11 is 3.21. The van der Waals surface area contributed by atoms with Crippen LogP contribution in [0.4, 0.5) is 8.78 Å². The molecule has 5 nitrogen and oxygen atoms in total. The number of halogens is 2. The number of hydrogen-bond acceptors (Lipinski definition) is 7. The van der Waals surface area contributed by atoms with Gasteiger partial charge in [0.2, 0.25) is 0 Å². The van der Waals surface area contributed by atoms with Crippen molar-refractivity contribution in [3.63, 3.8) is 0 Å². The van der Waals surface area contributed by atoms with Crippen LogP contribution in [0.15, 0.2) is 64.5 Å². The van der Waals surface area contributed by atoms with Crippen molar-refractivity contribution in [1.29, 1.82) is 0 Å². The predicted octanol–water partition coefficient (Wildman–Crippen LogP) is 8.54. The van der Waals surface area contributed by atoms with Gasteiger partial charge in [-0.05, 0) is 106 Å². The van der Waals surface area contributed by atoms with E-state index in [1.807, 2.05) is 25.1 Å². The van der Waals surface area contributed by atoms with Crippen LogP contribution in [0.25, 0.3) is 10.2 Å². The number of ether oxygens (including phenoxy) is 1. The maximum atomic E-state index is 14.5. The molecule has 6 aliphatic carbocycles. The molecule has 0 amide bonds. The summed E-state index contributed by atoms with van der Waals surface area (Å²) in [5.41, 5.74) is -1.12. The summed E-state index contributed by atoms with van der Waals surface area (Å²) in [5, 5.41) is 23.5. The normalized spacial score (nSPS) is 38.5. The van der Waals surface area contributed by atoms with Crippen molar-refractivity contribution in [2.45, 2.75) is 81.8 Å². The van der Waals surface area contributed by atoms with E-state index >= 15 is 0 Å². The van der Waals surface area contributed by atoms with Gasteiger partial charge in [-0.1, -0.05) is 43.8 Å². The Hall–Kier alpha value is -2.59. The highest BCUT2D eigenvalue weighted by Gasteiger charge is 2.74. The van der Waals surface area contributed by atoms with Crippen LogP contribution in [0.3, 0.4) is 0 Å². The Morgan fingerprint density at radius 3 is 2.57 bits per heavy atom. The van der Waals surface area contributed by atoms with Crippen LogP contribution in [-0.2, 0) is 0 Å². The zero-order valence-electron chi connectivity index (χ0n) is 27.0. The molecule has 3 aromatic rings. The molecule has 3 saturated carbocycles. The zero-order chi connectivity index (χ0) is 33.0. The number of rotatable bonds is 7. The number of Topliss-reactive ketones (excluding diaryl/α,β-unsaturated/α-hetero) is 1. The second-order valence-electron chi connectivity index (χ2n) is 15.1. The topological polar surface area (TPSA) is 79.7 Å². The van der Waals surface area contributed by atoms with E-state index in [2.05, 4.69) is 32.1 Å². The van der Waals surface area contributed by atoms with E-state index in [0.717, 1.165) is 64.5 Å². The molecule has 47 heavy (non-hydrogen) atoms. The van der Waals surface area contributed by atoms with Crippen LogP contribution in [0, 0.1) is 45.1 Å². The number of nitrogens with zero attached hydrogens (tertiary/aromatic N) is 1. The SMILES string of the molecule is CCOc1ccc2nc(SCC3(O)CCC4C56C=CC7(C=C5C(=O)c5ccc(F)c(F)c5)CC(O)CCC7(C)C6CCC43C)sc2c1. The van der Waals surface area contributed by atoms with E-state index in [9.17, 15) is 23.8 Å². The number of ketones is 1. The molecule has 8 atom stereocenters. The monoisotopic (exact) mass is 677 g/mol. The Morgan fingerprint density at radius 2 is 1.79 bits per heavy atom. The van der Waals surface area contributed by atoms with Crippen LogP contribution in [0.1, 0.15) is 76.1 Å². The molecule has 8 unspecified atom stereocenters. The van der Waals surface area contributed by atoms with E-state index in [1.165, 1.54) is 6.07 Å². The standard InChI is InChI=1S/C38H41F2NO4S2/c1-4-45-24-6-8-28-29(18-24)47-33(41-28)46-21-37(44)14-11-31-35(37,3)13-10-30-34(2)12-9-23(42)19-36(34)15-16-38(30,31)25(20-36)32(43)22-5-7-26(39)27(40)17-22/h5-8,15-18,20,23,30-31,42,44H,4,9-14,19,21H2,1-3H3. The van der Waals surface area contributed by atoms with Gasteiger partial charge >= 0.3 is 0 Å². The molecular weight excluding hydrogens is 637 g/mol. The van der Waals surface area contributed by atoms with Crippen molar-refractivity contribution in [2.75, 3.05) is 12.4 Å². The van der Waals surface area contributed by atoms with Gasteiger partial charge in [0.15, 0.2) is 21.8 Å². The molecule has 0 radical (unpaired) electrons. The molecule has 1 heterocycles. The Balaban J connectivity index is 1.17. The fourth-order valence-electron chi connectivity index (χ4n) is 10.8. The van der Waals surface area contributed by atoms with Crippen molar-refractivity contribution in [2.24, 2.45) is 33.5 Å². The van der Waals surface area contributed by atoms with Gasteiger partial charge in [0.1, 0.15) is 5.75 Å². The maximum absolute atomic E-state index is 14.5. The average Bonchev–Trinajstić information content (AvgIpc) is 3.58. The number of allylic oxidation sites excluding steroid dienone is 4. The number of hydrogen-bond donors (Lipinski definition) is 2. The number of thioether (sulfide) groups is 1. The predicted molar refractivity (Wildman–Crippen MR) is 181 cm³/mol. The van der Waals surface area contributed by atoms with Gasteiger partial charge in [0.25, 0.3) is 0 Å². The number of aliphatic hydroxyl groups excluding tert-OH is 1. The van der Waals surface area contributed by atoms with E-state index in [4.69, 9.17) is 9.72 Å². The molecule has 9 heteroatoms. The summed E-state index contributed by atoms with van der Waals surface area (Å²) in [5.74, 6) is -0.893. The molecule has 248 valence electrons. The number of aromatic nitrogens is 1. The maximum Gasteiger partial charge on any atom is 0.189 e. The molecule has 6 aliphatic rings. The van der Waals surface area contributed by atoms with Gasteiger partial charge < -0.3 is 14.9 Å². The number of carbonyl (C=O) groups is 1. The largest absolute Gasteiger partial charge is 0.494 e. The van der Waals surface area contributed by atoms with Gasteiger partial charge in [0.05, 0.1) is 28.5 Å². The third-order valence-electron chi connectivity index (χ3n) is 13.2. The van der Waals surface area contributed by atoms with Gasteiger partial charge in [-0.15, -0.1) is 11.3 Å². The van der Waals surface area contributed by atoms with Gasteiger partial charge in [-0.3, -0.25) is 4.79 Å². The highest BCUT2D eigenvalue weighted by atomic mass is 32.2. The van der Waals surface area contributed by atoms with Crippen molar-refractivity contribution in [1.82, 2.24) is 4.98 Å². The lowest BCUT2D eigenvalue weighted by molar-refractivity contribution is -0.166. The Morgan fingerprint density at radius 1 is 1.02 bits per heavy atom. The van der Waals surface area contributed by atoms with Crippen molar-refractivity contribution in [3.8, 4) is 5.75 Å². The molecule has 9 rings (SSSR count). The highest BCUT2D eigenvalue weighted by molar-refractivity contribution is 8.01. The second kappa shape index (κ2) is 10.7. The lowest BCUT2D eigenvalue weighted by Gasteiger charge is -2.71. The summed E-state index contributed by atoms with van der Waals surface area (Å²) in [6.45, 7) is 7.10. The molecule has 2 aromatic carbocycles. The van der Waals surface area contributed by atoms with Crippen LogP contribution in [0.5, 0.6) is 5.75 Å². The van der Waals surface area contributed by atoms with Crippen LogP contribution in [0.2, 0.25) is 0 Å². The van der Waals surface area contributed by atoms with Crippen molar-refractivity contribution in [3.05, 3.63) is 77.4 Å². The molecule has 2 N–H and O–H groups in total. The number of thiazole rings is 1. The summed E-state index contributed by atoms with van der Waals surface area (Å²) in [6, 6.07) is 9.35. The zero-order valence-corrected chi connectivity index (χ0v) is 28.7. The van der Waals surface area contributed by atoms with Gasteiger partial charge in [-0.25, -0.2) is 13.8 Å². The van der Waals surface area contributed by atoms with Crippen molar-refractivity contribution >= 4 is 39.1 Å². The first-order valence-corrected chi connectivity index (χ1v) is 18.7. The van der Waals surface area contributed by atoms with Gasteiger partial charge in [-0.2, -0.15) is 0 Å². The minimum absolute atomic E-state index is 0.0258. The first kappa shape index (κ1) is 31.7. The van der Waals surface area contributed by atoms with E-state index in [1.54, 1.807) is 23.1 Å². The Labute approximate surface area is 282 Å². The van der Waals surface area contributed by atoms with Crippen molar-refractivity contribution < 1.29 is 28.5 Å². The summed E-state index contributed by atoms with van der Waals surface area (Å²) < 4.78 is 36.1. The number of aliphatic hydroxyl groups is 2. The molecule has 0 aliphatic heterocycles. The number of benzene rings is 2. The fourth-order valence-corrected chi connectivity index (χ4v) is 13.2. The smallest absolute Gasteiger partial charge is 0.189 e. The molecule has 2 bridgehead atoms. The minimum atomic E-state index is -1.04. The highest BCUT2D eigenvalue weighted by Crippen LogP contribution is 2.78. The van der Waals surface area contributed by atoms with Crippen LogP contribution >= 0.6 is 23.1 Å². The van der Waals surface area contributed by atoms with Gasteiger partial charge in [0, 0.05) is 33.1 Å². The first-order valence-electron chi connectivity index (χ1n) is 16.9. The van der Waals surface area contributed by atoms with Crippen LogP contribution < -0.4 is 4.74 Å². The Kier molecular flexibility index (Phi) is 7.21. The summed E-state index contributed by atoms with van der Waals surface area (Å²) in [7, 11) is 0. The summed E-state index contributed by atoms with van der Waals surface area (Å²) in [4.78, 5) is 19.4. The lowest BCUT2D eigenvalue weighted by atomic mass is 9.32. The first-order chi connectivity index (χ1) is 22.4. The lowest BCUT2D eigenvalue weighted by Crippen LogP contribution is -2.67. The molecule has 1 aromatic heterocycles. The van der Waals surface area contributed by atoms with E-state index in [0.29, 0.717) is 30.8 Å². The molecular formula is C38H41F2NO4S2. The fraction of sp³-hybridized carbons (Fsp3) is 0.526. The number of carbonyl (C=O) groups excluding carboxylic acids is 1. The quantitative estimate of drug-likeness (QED) is 0.148. The average molecular weight is 678 g/mol. The minimum Gasteiger partial charge on any atom is -0.494 e. The molecule has 0 saturated heterocycles. The molecule has 3 fully saturated rings. The molecule has 2 spiro atoms. The number of fused-ring (bicyclic) bond motifs is 2. The van der Waals surface area contributed by atoms with Crippen LogP contribution in [-0.4, -0.2) is 45.0 Å². The second-order valence-corrected chi connectivity index (χ2v) is 17.4. The Bertz CT molecular complexity index is 1860. The van der Waals surface area contributed by atoms with E-state index in [-0.39, 0.29) is 28.6 Å². The third-order valence-corrected chi connectivity index (χ3v) is 15.6. The van der Waals surface area contributed by atoms with E-state index < -0.39 is 39.6 Å². The third kappa shape index (κ3) is 4.31.